The summed E-state index contributed by atoms with van der Waals surface area (Å²) in [5.74, 6) is 3.37. The van der Waals surface area contributed by atoms with Gasteiger partial charge in [-0.05, 0) is 110 Å². The number of hydrogen-bond donors (Lipinski definition) is 0. The van der Waals surface area contributed by atoms with Crippen LogP contribution >= 0.6 is 0 Å². The molecule has 0 bridgehead atoms. The van der Waals surface area contributed by atoms with Crippen LogP contribution in [0.4, 0.5) is 0 Å². The molecule has 0 fully saturated rings. The maximum Gasteiger partial charge on any atom is 0.241 e. The topological polar surface area (TPSA) is 44.2 Å². The van der Waals surface area contributed by atoms with Crippen LogP contribution in [0.15, 0.2) is 109 Å². The summed E-state index contributed by atoms with van der Waals surface area (Å²) in [7, 11) is 0. The summed E-state index contributed by atoms with van der Waals surface area (Å²) in [6.45, 7) is 14.9. The SMILES string of the molecule is Cc1c[c-]c(-c2cc(C)c(C)cn2)cc1.Cc1cc(C)c(-c2cc(-c3[c-]ccc4c3Oc3cccc5c3B4c3ccccc3O5)ncc2C)c(C)c1.[Ir]. The van der Waals surface area contributed by atoms with Crippen molar-refractivity contribution in [2.24, 2.45) is 0 Å². The Morgan fingerprint density at radius 2 is 1.26 bits per heavy atom. The first-order chi connectivity index (χ1) is 25.2. The van der Waals surface area contributed by atoms with Gasteiger partial charge in [0.1, 0.15) is 17.2 Å². The van der Waals surface area contributed by atoms with Crippen molar-refractivity contribution >= 4 is 23.1 Å². The second kappa shape index (κ2) is 14.6. The molecular weight excluding hydrogens is 828 g/mol. The van der Waals surface area contributed by atoms with E-state index in [1.807, 2.05) is 54.9 Å². The molecule has 9 rings (SSSR count). The number of ether oxygens (including phenoxy) is 2. The fourth-order valence-electron chi connectivity index (χ4n) is 7.50. The fourth-order valence-corrected chi connectivity index (χ4v) is 7.50. The summed E-state index contributed by atoms with van der Waals surface area (Å²) in [5.41, 5.74) is 18.3. The quantitative estimate of drug-likeness (QED) is 0.131. The summed E-state index contributed by atoms with van der Waals surface area (Å²) in [6.07, 6.45) is 3.88. The normalized spacial score (nSPS) is 11.8. The van der Waals surface area contributed by atoms with Crippen molar-refractivity contribution in [2.75, 3.05) is 0 Å². The van der Waals surface area contributed by atoms with Gasteiger partial charge in [0.05, 0.1) is 0 Å². The van der Waals surface area contributed by atoms with E-state index < -0.39 is 0 Å². The third kappa shape index (κ3) is 6.74. The van der Waals surface area contributed by atoms with Gasteiger partial charge in [-0.1, -0.05) is 72.1 Å². The molecule has 263 valence electrons. The van der Waals surface area contributed by atoms with Gasteiger partial charge in [0.25, 0.3) is 0 Å². The van der Waals surface area contributed by atoms with Gasteiger partial charge in [0.15, 0.2) is 0 Å². The molecule has 0 unspecified atom stereocenters. The van der Waals surface area contributed by atoms with E-state index in [9.17, 15) is 0 Å². The summed E-state index contributed by atoms with van der Waals surface area (Å²) in [6, 6.07) is 40.1. The second-order valence-electron chi connectivity index (χ2n) is 14.1. The van der Waals surface area contributed by atoms with Gasteiger partial charge in [-0.3, -0.25) is 0 Å². The van der Waals surface area contributed by atoms with Crippen LogP contribution in [0.3, 0.4) is 0 Å². The van der Waals surface area contributed by atoms with E-state index in [0.29, 0.717) is 0 Å². The van der Waals surface area contributed by atoms with Crippen molar-refractivity contribution < 1.29 is 29.6 Å². The molecule has 4 nitrogen and oxygen atoms in total. The van der Waals surface area contributed by atoms with Crippen LogP contribution < -0.4 is 25.9 Å². The van der Waals surface area contributed by atoms with Crippen molar-refractivity contribution in [3.63, 3.8) is 0 Å². The predicted molar refractivity (Wildman–Crippen MR) is 213 cm³/mol. The minimum atomic E-state index is 0. The number of fused-ring (bicyclic) bond motifs is 4. The Hall–Kier alpha value is -5.29. The van der Waals surface area contributed by atoms with E-state index in [1.54, 1.807) is 0 Å². The minimum Gasteiger partial charge on any atom is -0.503 e. The molecule has 0 atom stereocenters. The van der Waals surface area contributed by atoms with Crippen LogP contribution in [0.2, 0.25) is 0 Å². The summed E-state index contributed by atoms with van der Waals surface area (Å²) in [4.78, 5) is 9.27. The number of benzene rings is 5. The van der Waals surface area contributed by atoms with Crippen molar-refractivity contribution in [3.05, 3.63) is 161 Å². The van der Waals surface area contributed by atoms with Crippen LogP contribution in [0, 0.1) is 60.6 Å². The van der Waals surface area contributed by atoms with Gasteiger partial charge in [0, 0.05) is 43.7 Å². The van der Waals surface area contributed by atoms with E-state index in [2.05, 4.69) is 120 Å². The van der Waals surface area contributed by atoms with Crippen LogP contribution in [0.25, 0.3) is 33.6 Å². The minimum absolute atomic E-state index is 0. The average molecular weight is 867 g/mol. The average Bonchev–Trinajstić information content (AvgIpc) is 3.13. The zero-order valence-corrected chi connectivity index (χ0v) is 33.4. The van der Waals surface area contributed by atoms with Crippen LogP contribution in [-0.2, 0) is 20.1 Å². The molecule has 0 saturated carbocycles. The van der Waals surface area contributed by atoms with E-state index in [0.717, 1.165) is 67.5 Å². The summed E-state index contributed by atoms with van der Waals surface area (Å²) >= 11 is 0. The molecule has 5 aromatic carbocycles. The van der Waals surface area contributed by atoms with Gasteiger partial charge in [0.2, 0.25) is 6.71 Å². The Labute approximate surface area is 326 Å². The summed E-state index contributed by atoms with van der Waals surface area (Å²) in [5, 5.41) is 0. The van der Waals surface area contributed by atoms with Gasteiger partial charge in [-0.15, -0.1) is 59.1 Å². The van der Waals surface area contributed by atoms with E-state index in [4.69, 9.17) is 14.5 Å². The molecule has 0 saturated heterocycles. The number of nitrogens with zero attached hydrogens (tertiary/aromatic N) is 2. The van der Waals surface area contributed by atoms with Gasteiger partial charge >= 0.3 is 0 Å². The molecule has 0 amide bonds. The maximum absolute atomic E-state index is 6.61. The van der Waals surface area contributed by atoms with Gasteiger partial charge in [-0.25, -0.2) is 0 Å². The molecule has 0 N–H and O–H groups in total. The Kier molecular flexibility index (Phi) is 9.96. The first-order valence-corrected chi connectivity index (χ1v) is 17.8. The third-order valence-corrected chi connectivity index (χ3v) is 10.2. The van der Waals surface area contributed by atoms with Crippen LogP contribution in [0.1, 0.15) is 38.9 Å². The zero-order chi connectivity index (χ0) is 36.1. The van der Waals surface area contributed by atoms with Crippen molar-refractivity contribution in [1.29, 1.82) is 0 Å². The molecule has 2 aliphatic heterocycles. The Bertz CT molecular complexity index is 2490. The summed E-state index contributed by atoms with van der Waals surface area (Å²) < 4.78 is 12.9. The first-order valence-electron chi connectivity index (χ1n) is 17.8. The largest absolute Gasteiger partial charge is 0.503 e. The molecule has 53 heavy (non-hydrogen) atoms. The molecule has 1 radical (unpaired) electrons. The van der Waals surface area contributed by atoms with E-state index >= 15 is 0 Å². The van der Waals surface area contributed by atoms with E-state index in [1.165, 1.54) is 44.5 Å². The Balaban J connectivity index is 0.000000229. The van der Waals surface area contributed by atoms with Gasteiger partial charge < -0.3 is 19.4 Å². The number of aryl methyl sites for hydroxylation is 7. The number of pyridine rings is 2. The van der Waals surface area contributed by atoms with Crippen molar-refractivity contribution in [1.82, 2.24) is 9.97 Å². The van der Waals surface area contributed by atoms with Gasteiger partial charge in [-0.2, -0.15) is 0 Å². The molecule has 2 aliphatic rings. The molecule has 2 aromatic heterocycles. The van der Waals surface area contributed by atoms with Crippen molar-refractivity contribution in [3.8, 4) is 56.6 Å². The van der Waals surface area contributed by atoms with Crippen LogP contribution in [0.5, 0.6) is 23.0 Å². The Morgan fingerprint density at radius 3 is 2.00 bits per heavy atom. The molecule has 7 aromatic rings. The predicted octanol–water partition coefficient (Wildman–Crippen LogP) is 9.65. The fraction of sp³-hybridized carbons (Fsp3) is 0.149. The maximum atomic E-state index is 6.61. The number of aromatic nitrogens is 2. The Morgan fingerprint density at radius 1 is 0.566 bits per heavy atom. The zero-order valence-electron chi connectivity index (χ0n) is 31.0. The van der Waals surface area contributed by atoms with Crippen LogP contribution in [-0.4, -0.2) is 16.7 Å². The monoisotopic (exact) mass is 867 g/mol. The molecule has 0 spiro atoms. The molecule has 4 heterocycles. The molecular formula is C47H39BIrN2O2-2. The number of para-hydroxylation sites is 1. The number of rotatable bonds is 3. The molecule has 0 aliphatic carbocycles. The standard InChI is InChI=1S/C33H25BNO2.C14H14N.Ir/c1-19-15-20(2)31(21(3)16-19)24-17-27(35-18-22(24)4)23-9-7-11-26-33(23)37-30-14-8-13-29-32(30)34(26)25-10-5-6-12-28(25)36-29;1-10-4-6-13(7-5-10)14-8-11(2)12(3)9-15-14;/h5-8,10-18H,1-4H3;4-6,8-9H,1-3H3;/q2*-1;. The number of hydrogen-bond acceptors (Lipinski definition) is 4. The first kappa shape index (κ1) is 36.1. The smallest absolute Gasteiger partial charge is 0.241 e. The van der Waals surface area contributed by atoms with Crippen molar-refractivity contribution in [2.45, 2.75) is 48.5 Å². The second-order valence-corrected chi connectivity index (χ2v) is 14.1. The molecule has 6 heteroatoms. The third-order valence-electron chi connectivity index (χ3n) is 10.2. The van der Waals surface area contributed by atoms with E-state index in [-0.39, 0.29) is 26.8 Å².